The highest BCUT2D eigenvalue weighted by Crippen LogP contribution is 2.29. The van der Waals surface area contributed by atoms with Gasteiger partial charge >= 0.3 is 0 Å². The molecule has 10 heavy (non-hydrogen) atoms. The molecule has 0 spiro atoms. The minimum Gasteiger partial charge on any atom is -0.394 e. The van der Waals surface area contributed by atoms with Crippen LogP contribution in [-0.4, -0.2) is 28.8 Å². The summed E-state index contributed by atoms with van der Waals surface area (Å²) in [6.07, 6.45) is 0.954. The second kappa shape index (κ2) is 3.11. The van der Waals surface area contributed by atoms with Crippen LogP contribution >= 0.6 is 11.8 Å². The third-order valence-electron chi connectivity index (χ3n) is 2.36. The van der Waals surface area contributed by atoms with E-state index in [1.807, 2.05) is 11.8 Å². The van der Waals surface area contributed by atoms with E-state index >= 15 is 0 Å². The molecule has 0 radical (unpaired) electrons. The summed E-state index contributed by atoms with van der Waals surface area (Å²) < 4.78 is 0. The fourth-order valence-corrected chi connectivity index (χ4v) is 2.55. The molecule has 0 aromatic carbocycles. The standard InChI is InChI=1S/C7H15NOS/c1-6-4-10-3-2-7(6,8)5-9/h6,9H,2-5,8H2,1H3. The molecule has 60 valence electrons. The molecule has 0 aromatic heterocycles. The fourth-order valence-electron chi connectivity index (χ4n) is 1.17. The van der Waals surface area contributed by atoms with E-state index in [1.165, 1.54) is 0 Å². The van der Waals surface area contributed by atoms with E-state index in [4.69, 9.17) is 10.8 Å². The van der Waals surface area contributed by atoms with Gasteiger partial charge in [-0.05, 0) is 23.8 Å². The smallest absolute Gasteiger partial charge is 0.0614 e. The molecular formula is C7H15NOS. The zero-order valence-corrected chi connectivity index (χ0v) is 7.16. The lowest BCUT2D eigenvalue weighted by atomic mass is 9.85. The lowest BCUT2D eigenvalue weighted by Crippen LogP contribution is -2.52. The van der Waals surface area contributed by atoms with Crippen molar-refractivity contribution in [3.8, 4) is 0 Å². The SMILES string of the molecule is CC1CSCCC1(N)CO. The molecule has 2 atom stereocenters. The van der Waals surface area contributed by atoms with E-state index in [2.05, 4.69) is 6.92 Å². The first kappa shape index (κ1) is 8.37. The molecule has 0 aliphatic carbocycles. The van der Waals surface area contributed by atoms with E-state index in [0.29, 0.717) is 5.92 Å². The highest BCUT2D eigenvalue weighted by atomic mass is 32.2. The third kappa shape index (κ3) is 1.47. The van der Waals surface area contributed by atoms with Crippen LogP contribution in [0.25, 0.3) is 0 Å². The Kier molecular flexibility index (Phi) is 2.61. The van der Waals surface area contributed by atoms with Crippen LogP contribution in [-0.2, 0) is 0 Å². The Balaban J connectivity index is 2.54. The lowest BCUT2D eigenvalue weighted by molar-refractivity contribution is 0.150. The average molecular weight is 161 g/mol. The van der Waals surface area contributed by atoms with E-state index in [1.54, 1.807) is 0 Å². The molecule has 2 nitrogen and oxygen atoms in total. The summed E-state index contributed by atoms with van der Waals surface area (Å²) >= 11 is 1.93. The van der Waals surface area contributed by atoms with Gasteiger partial charge in [0.1, 0.15) is 0 Å². The highest BCUT2D eigenvalue weighted by molar-refractivity contribution is 7.99. The Bertz CT molecular complexity index is 120. The number of rotatable bonds is 1. The van der Waals surface area contributed by atoms with Gasteiger partial charge in [-0.1, -0.05) is 6.92 Å². The van der Waals surface area contributed by atoms with Gasteiger partial charge in [0, 0.05) is 5.54 Å². The molecule has 0 amide bonds. The molecule has 0 aromatic rings. The van der Waals surface area contributed by atoms with Gasteiger partial charge in [-0.3, -0.25) is 0 Å². The summed E-state index contributed by atoms with van der Waals surface area (Å²) in [5, 5.41) is 8.99. The van der Waals surface area contributed by atoms with E-state index < -0.39 is 0 Å². The molecular weight excluding hydrogens is 146 g/mol. The fraction of sp³-hybridized carbons (Fsp3) is 1.00. The van der Waals surface area contributed by atoms with Gasteiger partial charge in [0.2, 0.25) is 0 Å². The number of hydrogen-bond donors (Lipinski definition) is 2. The molecule has 0 bridgehead atoms. The summed E-state index contributed by atoms with van der Waals surface area (Å²) in [6, 6.07) is 0. The Hall–Kier alpha value is 0.270. The number of aliphatic hydroxyl groups excluding tert-OH is 1. The summed E-state index contributed by atoms with van der Waals surface area (Å²) in [6.45, 7) is 2.25. The molecule has 1 fully saturated rings. The number of nitrogens with two attached hydrogens (primary N) is 1. The van der Waals surface area contributed by atoms with Gasteiger partial charge in [-0.15, -0.1) is 0 Å². The third-order valence-corrected chi connectivity index (χ3v) is 3.58. The first-order valence-corrected chi connectivity index (χ1v) is 4.82. The van der Waals surface area contributed by atoms with Crippen molar-refractivity contribution in [2.75, 3.05) is 18.1 Å². The van der Waals surface area contributed by atoms with Crippen LogP contribution in [0.4, 0.5) is 0 Å². The first-order valence-electron chi connectivity index (χ1n) is 3.66. The molecule has 3 heteroatoms. The summed E-state index contributed by atoms with van der Waals surface area (Å²) in [7, 11) is 0. The van der Waals surface area contributed by atoms with Crippen molar-refractivity contribution in [2.45, 2.75) is 18.9 Å². The van der Waals surface area contributed by atoms with Crippen LogP contribution < -0.4 is 5.73 Å². The van der Waals surface area contributed by atoms with E-state index in [-0.39, 0.29) is 12.1 Å². The van der Waals surface area contributed by atoms with Gasteiger partial charge in [0.15, 0.2) is 0 Å². The Morgan fingerprint density at radius 2 is 2.50 bits per heavy atom. The van der Waals surface area contributed by atoms with Crippen molar-refractivity contribution in [2.24, 2.45) is 11.7 Å². The predicted molar refractivity (Wildman–Crippen MR) is 45.1 cm³/mol. The normalized spacial score (nSPS) is 41.7. The van der Waals surface area contributed by atoms with Crippen molar-refractivity contribution in [1.82, 2.24) is 0 Å². The molecule has 1 aliphatic heterocycles. The number of aliphatic hydroxyl groups is 1. The first-order chi connectivity index (χ1) is 4.69. The predicted octanol–water partition coefficient (Wildman–Crippen LogP) is 0.449. The monoisotopic (exact) mass is 161 g/mol. The minimum absolute atomic E-state index is 0.134. The van der Waals surface area contributed by atoms with Crippen molar-refractivity contribution >= 4 is 11.8 Å². The Labute approximate surface area is 66.2 Å². The van der Waals surface area contributed by atoms with Crippen molar-refractivity contribution in [1.29, 1.82) is 0 Å². The zero-order valence-electron chi connectivity index (χ0n) is 6.34. The van der Waals surface area contributed by atoms with Crippen molar-refractivity contribution < 1.29 is 5.11 Å². The molecule has 1 saturated heterocycles. The van der Waals surface area contributed by atoms with Crippen LogP contribution in [0.15, 0.2) is 0 Å². The molecule has 2 unspecified atom stereocenters. The Morgan fingerprint density at radius 3 is 2.90 bits per heavy atom. The van der Waals surface area contributed by atoms with Crippen molar-refractivity contribution in [3.63, 3.8) is 0 Å². The van der Waals surface area contributed by atoms with Gasteiger partial charge < -0.3 is 10.8 Å². The summed E-state index contributed by atoms with van der Waals surface area (Å²) in [5.74, 6) is 2.65. The summed E-state index contributed by atoms with van der Waals surface area (Å²) in [4.78, 5) is 0. The second-order valence-corrected chi connectivity index (χ2v) is 4.27. The van der Waals surface area contributed by atoms with Crippen LogP contribution in [0.5, 0.6) is 0 Å². The van der Waals surface area contributed by atoms with E-state index in [9.17, 15) is 0 Å². The maximum absolute atomic E-state index is 8.99. The minimum atomic E-state index is -0.286. The average Bonchev–Trinajstić information content (AvgIpc) is 1.96. The lowest BCUT2D eigenvalue weighted by Gasteiger charge is -2.37. The highest BCUT2D eigenvalue weighted by Gasteiger charge is 2.33. The molecule has 0 saturated carbocycles. The number of hydrogen-bond acceptors (Lipinski definition) is 3. The largest absolute Gasteiger partial charge is 0.394 e. The van der Waals surface area contributed by atoms with Gasteiger partial charge in [0.25, 0.3) is 0 Å². The topological polar surface area (TPSA) is 46.2 Å². The second-order valence-electron chi connectivity index (χ2n) is 3.12. The number of thioether (sulfide) groups is 1. The van der Waals surface area contributed by atoms with E-state index in [0.717, 1.165) is 17.9 Å². The van der Waals surface area contributed by atoms with Crippen LogP contribution in [0.1, 0.15) is 13.3 Å². The molecule has 3 N–H and O–H groups in total. The van der Waals surface area contributed by atoms with Gasteiger partial charge in [0.05, 0.1) is 6.61 Å². The van der Waals surface area contributed by atoms with Crippen LogP contribution in [0, 0.1) is 5.92 Å². The van der Waals surface area contributed by atoms with Crippen LogP contribution in [0.3, 0.4) is 0 Å². The molecule has 1 aliphatic rings. The zero-order chi connectivity index (χ0) is 7.61. The quantitative estimate of drug-likeness (QED) is 0.587. The summed E-state index contributed by atoms with van der Waals surface area (Å²) in [5.41, 5.74) is 5.65. The Morgan fingerprint density at radius 1 is 1.80 bits per heavy atom. The van der Waals surface area contributed by atoms with Gasteiger partial charge in [-0.2, -0.15) is 11.8 Å². The molecule has 1 rings (SSSR count). The molecule has 1 heterocycles. The van der Waals surface area contributed by atoms with Gasteiger partial charge in [-0.25, -0.2) is 0 Å². The van der Waals surface area contributed by atoms with Crippen LogP contribution in [0.2, 0.25) is 0 Å². The van der Waals surface area contributed by atoms with Crippen molar-refractivity contribution in [3.05, 3.63) is 0 Å². The maximum atomic E-state index is 8.99. The maximum Gasteiger partial charge on any atom is 0.0614 e.